The van der Waals surface area contributed by atoms with Crippen molar-refractivity contribution in [2.75, 3.05) is 18.4 Å². The first-order chi connectivity index (χ1) is 17.1. The monoisotopic (exact) mass is 522 g/mol. The van der Waals surface area contributed by atoms with Gasteiger partial charge >= 0.3 is 6.36 Å². The molecule has 1 aromatic heterocycles. The number of benzene rings is 1. The van der Waals surface area contributed by atoms with Crippen molar-refractivity contribution in [3.8, 4) is 5.75 Å². The number of alkyl halides is 3. The molecule has 1 N–H and O–H groups in total. The lowest BCUT2D eigenvalue weighted by molar-refractivity contribution is -0.274. The van der Waals surface area contributed by atoms with Gasteiger partial charge in [-0.05, 0) is 80.2 Å². The number of halogens is 3. The summed E-state index contributed by atoms with van der Waals surface area (Å²) in [5.41, 5.74) is 1.87. The minimum absolute atomic E-state index is 0.0383. The van der Waals surface area contributed by atoms with Crippen LogP contribution in [-0.2, 0) is 23.0 Å². The number of fused-ring (bicyclic) bond motifs is 1. The molecule has 11 heteroatoms. The van der Waals surface area contributed by atoms with E-state index in [-0.39, 0.29) is 18.0 Å². The molecule has 194 valence electrons. The Morgan fingerprint density at radius 2 is 1.78 bits per heavy atom. The first-order valence-corrected chi connectivity index (χ1v) is 14.0. The summed E-state index contributed by atoms with van der Waals surface area (Å²) in [5, 5.41) is 3.60. The maximum absolute atomic E-state index is 13.2. The number of aromatic nitrogens is 2. The van der Waals surface area contributed by atoms with Gasteiger partial charge in [0, 0.05) is 24.7 Å². The van der Waals surface area contributed by atoms with Crippen molar-refractivity contribution in [1.82, 2.24) is 14.3 Å². The van der Waals surface area contributed by atoms with E-state index in [2.05, 4.69) is 20.0 Å². The molecule has 1 aliphatic heterocycles. The zero-order valence-corrected chi connectivity index (χ0v) is 20.6. The second-order valence-corrected chi connectivity index (χ2v) is 13.0. The van der Waals surface area contributed by atoms with Gasteiger partial charge in [-0.15, -0.1) is 13.2 Å². The van der Waals surface area contributed by atoms with Crippen molar-refractivity contribution < 1.29 is 26.3 Å². The molecule has 2 heterocycles. The SMILES string of the molecule is O=S(=O)(c1cccc(OC(F)(F)F)c1)N1CCc2c(ncnc2NCC23CC4CC(CC(C4)C2)C3)C1. The third-order valence-corrected chi connectivity index (χ3v) is 10.3. The van der Waals surface area contributed by atoms with Gasteiger partial charge < -0.3 is 10.1 Å². The van der Waals surface area contributed by atoms with Gasteiger partial charge in [0.05, 0.1) is 17.1 Å². The Balaban J connectivity index is 1.17. The first kappa shape index (κ1) is 24.0. The Morgan fingerprint density at radius 3 is 2.44 bits per heavy atom. The van der Waals surface area contributed by atoms with Crippen LogP contribution in [0.25, 0.3) is 0 Å². The van der Waals surface area contributed by atoms with Crippen molar-refractivity contribution in [3.63, 3.8) is 0 Å². The Kier molecular flexibility index (Phi) is 5.71. The fraction of sp³-hybridized carbons (Fsp3) is 0.600. The molecular weight excluding hydrogens is 493 g/mol. The molecule has 7 nitrogen and oxygen atoms in total. The van der Waals surface area contributed by atoms with Crippen molar-refractivity contribution in [3.05, 3.63) is 41.9 Å². The van der Waals surface area contributed by atoms with Gasteiger partial charge in [0.2, 0.25) is 10.0 Å². The van der Waals surface area contributed by atoms with Gasteiger partial charge in [0.25, 0.3) is 0 Å². The number of hydrogen-bond donors (Lipinski definition) is 1. The van der Waals surface area contributed by atoms with E-state index in [1.54, 1.807) is 0 Å². The van der Waals surface area contributed by atoms with Crippen molar-refractivity contribution in [1.29, 1.82) is 0 Å². The minimum atomic E-state index is -4.90. The Morgan fingerprint density at radius 1 is 1.08 bits per heavy atom. The maximum Gasteiger partial charge on any atom is 0.573 e. The van der Waals surface area contributed by atoms with E-state index in [0.717, 1.165) is 47.8 Å². The fourth-order valence-corrected chi connectivity index (χ4v) is 8.88. The lowest BCUT2D eigenvalue weighted by atomic mass is 9.49. The molecule has 7 rings (SSSR count). The van der Waals surface area contributed by atoms with Crippen LogP contribution in [0.15, 0.2) is 35.5 Å². The normalized spacial score (nSPS) is 29.7. The first-order valence-electron chi connectivity index (χ1n) is 12.5. The molecule has 4 bridgehead atoms. The van der Waals surface area contributed by atoms with Crippen LogP contribution in [0.3, 0.4) is 0 Å². The maximum atomic E-state index is 13.2. The highest BCUT2D eigenvalue weighted by atomic mass is 32.2. The van der Waals surface area contributed by atoms with Gasteiger partial charge in [0.1, 0.15) is 17.9 Å². The summed E-state index contributed by atoms with van der Waals surface area (Å²) < 4.78 is 69.4. The number of sulfonamides is 1. The predicted molar refractivity (Wildman–Crippen MR) is 126 cm³/mol. The molecular formula is C25H29F3N4O3S. The molecule has 0 spiro atoms. The number of hydrogen-bond acceptors (Lipinski definition) is 6. The molecule has 5 aliphatic rings. The van der Waals surface area contributed by atoms with Crippen molar-refractivity contribution >= 4 is 15.8 Å². The number of nitrogens with one attached hydrogen (secondary N) is 1. The Bertz CT molecular complexity index is 1230. The van der Waals surface area contributed by atoms with Crippen LogP contribution in [-0.4, -0.2) is 42.1 Å². The largest absolute Gasteiger partial charge is 0.573 e. The average molecular weight is 523 g/mol. The lowest BCUT2D eigenvalue weighted by Gasteiger charge is -2.57. The Labute approximate surface area is 208 Å². The van der Waals surface area contributed by atoms with Crippen LogP contribution in [0, 0.1) is 23.2 Å². The standard InChI is InChI=1S/C25H29F3N4O3S/c26-25(27,28)35-19-2-1-3-20(9-19)36(33,34)32-5-4-21-22(13-32)30-15-31-23(21)29-14-24-10-16-6-17(11-24)8-18(7-16)12-24/h1-3,9,15-18H,4-8,10-14H2,(H,29,30,31). The molecule has 1 aromatic carbocycles. The van der Waals surface area contributed by atoms with Crippen LogP contribution in [0.5, 0.6) is 5.75 Å². The smallest absolute Gasteiger partial charge is 0.406 e. The molecule has 4 aliphatic carbocycles. The summed E-state index contributed by atoms with van der Waals surface area (Å²) in [7, 11) is -4.03. The molecule has 0 amide bonds. The van der Waals surface area contributed by atoms with Gasteiger partial charge in [-0.1, -0.05) is 6.07 Å². The molecule has 0 unspecified atom stereocenters. The third kappa shape index (κ3) is 4.55. The van der Waals surface area contributed by atoms with E-state index in [1.807, 2.05) is 0 Å². The highest BCUT2D eigenvalue weighted by Gasteiger charge is 2.50. The summed E-state index contributed by atoms with van der Waals surface area (Å²) in [6.45, 7) is 1.11. The van der Waals surface area contributed by atoms with Crippen LogP contribution in [0.2, 0.25) is 0 Å². The van der Waals surface area contributed by atoms with Crippen molar-refractivity contribution in [2.45, 2.75) is 62.7 Å². The zero-order valence-electron chi connectivity index (χ0n) is 19.8. The highest BCUT2D eigenvalue weighted by Crippen LogP contribution is 2.60. The van der Waals surface area contributed by atoms with E-state index in [9.17, 15) is 21.6 Å². The number of ether oxygens (including phenoxy) is 1. The van der Waals surface area contributed by atoms with E-state index < -0.39 is 22.1 Å². The molecule has 4 fully saturated rings. The zero-order chi connectivity index (χ0) is 25.1. The van der Waals surface area contributed by atoms with Crippen LogP contribution < -0.4 is 10.1 Å². The van der Waals surface area contributed by atoms with Gasteiger partial charge in [-0.3, -0.25) is 0 Å². The predicted octanol–water partition coefficient (Wildman–Crippen LogP) is 4.75. The topological polar surface area (TPSA) is 84.4 Å². The number of anilines is 1. The lowest BCUT2D eigenvalue weighted by Crippen LogP contribution is -2.49. The van der Waals surface area contributed by atoms with Gasteiger partial charge in [-0.2, -0.15) is 4.31 Å². The number of nitrogens with zero attached hydrogens (tertiary/aromatic N) is 3. The van der Waals surface area contributed by atoms with E-state index in [0.29, 0.717) is 17.5 Å². The van der Waals surface area contributed by atoms with Gasteiger partial charge in [-0.25, -0.2) is 18.4 Å². The quantitative estimate of drug-likeness (QED) is 0.590. The molecule has 0 radical (unpaired) electrons. The third-order valence-electron chi connectivity index (χ3n) is 8.44. The summed E-state index contributed by atoms with van der Waals surface area (Å²) in [6, 6.07) is 4.48. The summed E-state index contributed by atoms with van der Waals surface area (Å²) in [5.74, 6) is 2.77. The fourth-order valence-electron chi connectivity index (χ4n) is 7.45. The van der Waals surface area contributed by atoms with E-state index in [4.69, 9.17) is 0 Å². The Hall–Kier alpha value is -2.40. The van der Waals surface area contributed by atoms with E-state index >= 15 is 0 Å². The number of rotatable bonds is 6. The molecule has 36 heavy (non-hydrogen) atoms. The van der Waals surface area contributed by atoms with Crippen LogP contribution in [0.4, 0.5) is 19.0 Å². The van der Waals surface area contributed by atoms with Crippen LogP contribution >= 0.6 is 0 Å². The highest BCUT2D eigenvalue weighted by molar-refractivity contribution is 7.89. The summed E-state index contributed by atoms with van der Waals surface area (Å²) in [6.07, 6.45) is 4.98. The molecule has 2 aromatic rings. The van der Waals surface area contributed by atoms with E-state index in [1.165, 1.54) is 61.3 Å². The molecule has 0 saturated heterocycles. The summed E-state index contributed by atoms with van der Waals surface area (Å²) in [4.78, 5) is 8.59. The second kappa shape index (κ2) is 8.58. The van der Waals surface area contributed by atoms with Gasteiger partial charge in [0.15, 0.2) is 0 Å². The summed E-state index contributed by atoms with van der Waals surface area (Å²) >= 11 is 0. The van der Waals surface area contributed by atoms with Crippen LogP contribution in [0.1, 0.15) is 49.8 Å². The molecule has 4 saturated carbocycles. The minimum Gasteiger partial charge on any atom is -0.406 e. The average Bonchev–Trinajstić information content (AvgIpc) is 2.80. The second-order valence-electron chi connectivity index (χ2n) is 11.0. The molecule has 0 atom stereocenters. The van der Waals surface area contributed by atoms with Crippen molar-refractivity contribution in [2.24, 2.45) is 23.2 Å².